The molecular formula is C16H16O9. The number of esters is 4. The van der Waals surface area contributed by atoms with Crippen LogP contribution in [0.25, 0.3) is 0 Å². The Hall–Kier alpha value is -2.94. The normalized spacial score (nSPS) is 12.2. The van der Waals surface area contributed by atoms with Crippen LogP contribution in [0, 0.1) is 0 Å². The van der Waals surface area contributed by atoms with Crippen LogP contribution in [0.5, 0.6) is 0 Å². The Balaban J connectivity index is 3.04. The molecule has 0 saturated heterocycles. The highest BCUT2D eigenvalue weighted by atomic mass is 16.5. The molecule has 0 radical (unpaired) electrons. The standard InChI is InChI=1S/C16H16O9/c1-21-13(17)9-7-5-25-6-8(7)10(14(18)22-2)12(16(20)24-4)11(9)15(19)23-3/h5-6H2,1-4H3. The smallest absolute Gasteiger partial charge is 0.339 e. The van der Waals surface area contributed by atoms with Gasteiger partial charge in [-0.1, -0.05) is 0 Å². The predicted octanol–water partition coefficient (Wildman–Crippen LogP) is 0.863. The fourth-order valence-corrected chi connectivity index (χ4v) is 2.69. The number of ether oxygens (including phenoxy) is 5. The lowest BCUT2D eigenvalue weighted by atomic mass is 9.87. The maximum absolute atomic E-state index is 12.3. The van der Waals surface area contributed by atoms with Gasteiger partial charge in [0.25, 0.3) is 0 Å². The van der Waals surface area contributed by atoms with Gasteiger partial charge in [0, 0.05) is 0 Å². The molecule has 0 saturated carbocycles. The Morgan fingerprint density at radius 1 is 0.600 bits per heavy atom. The van der Waals surface area contributed by atoms with Crippen molar-refractivity contribution < 1.29 is 42.9 Å². The first-order chi connectivity index (χ1) is 11.9. The average Bonchev–Trinajstić information content (AvgIpc) is 3.12. The second kappa shape index (κ2) is 7.31. The van der Waals surface area contributed by atoms with E-state index in [9.17, 15) is 19.2 Å². The summed E-state index contributed by atoms with van der Waals surface area (Å²) in [4.78, 5) is 49.2. The highest BCUT2D eigenvalue weighted by molar-refractivity contribution is 6.16. The molecule has 25 heavy (non-hydrogen) atoms. The second-order valence-electron chi connectivity index (χ2n) is 4.92. The van der Waals surface area contributed by atoms with Crippen LogP contribution < -0.4 is 0 Å². The van der Waals surface area contributed by atoms with Gasteiger partial charge in [0.1, 0.15) is 0 Å². The van der Waals surface area contributed by atoms with E-state index in [1.165, 1.54) is 0 Å². The number of carbonyl (C=O) groups is 4. The third kappa shape index (κ3) is 2.93. The number of hydrogen-bond acceptors (Lipinski definition) is 9. The first-order valence-corrected chi connectivity index (χ1v) is 7.05. The van der Waals surface area contributed by atoms with E-state index < -0.39 is 35.0 Å². The molecule has 1 heterocycles. The van der Waals surface area contributed by atoms with Crippen LogP contribution in [0.3, 0.4) is 0 Å². The number of benzene rings is 1. The van der Waals surface area contributed by atoms with Crippen LogP contribution in [0.15, 0.2) is 0 Å². The van der Waals surface area contributed by atoms with Crippen molar-refractivity contribution in [3.63, 3.8) is 0 Å². The highest BCUT2D eigenvalue weighted by Gasteiger charge is 2.39. The first kappa shape index (κ1) is 18.4. The lowest BCUT2D eigenvalue weighted by Crippen LogP contribution is -2.25. The zero-order valence-corrected chi connectivity index (χ0v) is 14.1. The molecule has 1 aromatic carbocycles. The predicted molar refractivity (Wildman–Crippen MR) is 80.3 cm³/mol. The molecule has 1 aliphatic rings. The fraction of sp³-hybridized carbons (Fsp3) is 0.375. The van der Waals surface area contributed by atoms with Crippen LogP contribution in [0.4, 0.5) is 0 Å². The van der Waals surface area contributed by atoms with Gasteiger partial charge >= 0.3 is 23.9 Å². The third-order valence-electron chi connectivity index (χ3n) is 3.77. The Morgan fingerprint density at radius 2 is 0.880 bits per heavy atom. The summed E-state index contributed by atoms with van der Waals surface area (Å²) in [7, 11) is 4.40. The van der Waals surface area contributed by atoms with E-state index >= 15 is 0 Å². The van der Waals surface area contributed by atoms with E-state index in [-0.39, 0.29) is 35.5 Å². The zero-order chi connectivity index (χ0) is 18.7. The maximum atomic E-state index is 12.3. The minimum atomic E-state index is -0.999. The minimum Gasteiger partial charge on any atom is -0.465 e. The van der Waals surface area contributed by atoms with Crippen molar-refractivity contribution in [1.82, 2.24) is 0 Å². The summed E-state index contributed by atoms with van der Waals surface area (Å²) in [6, 6.07) is 0. The van der Waals surface area contributed by atoms with Crippen LogP contribution in [0.1, 0.15) is 52.6 Å². The van der Waals surface area contributed by atoms with Crippen LogP contribution in [-0.2, 0) is 36.9 Å². The van der Waals surface area contributed by atoms with Crippen molar-refractivity contribution in [2.75, 3.05) is 28.4 Å². The monoisotopic (exact) mass is 352 g/mol. The lowest BCUT2D eigenvalue weighted by Gasteiger charge is -2.18. The van der Waals surface area contributed by atoms with E-state index in [4.69, 9.17) is 14.2 Å². The summed E-state index contributed by atoms with van der Waals surface area (Å²) >= 11 is 0. The molecule has 0 fully saturated rings. The molecule has 0 atom stereocenters. The van der Waals surface area contributed by atoms with Crippen molar-refractivity contribution in [3.8, 4) is 0 Å². The van der Waals surface area contributed by atoms with Crippen LogP contribution >= 0.6 is 0 Å². The lowest BCUT2D eigenvalue weighted by molar-refractivity contribution is 0.0520. The molecule has 0 unspecified atom stereocenters. The van der Waals surface area contributed by atoms with Gasteiger partial charge in [-0.05, 0) is 11.1 Å². The molecule has 0 bridgehead atoms. The molecule has 0 aromatic heterocycles. The Kier molecular flexibility index (Phi) is 5.38. The van der Waals surface area contributed by atoms with Gasteiger partial charge in [0.2, 0.25) is 0 Å². The van der Waals surface area contributed by atoms with Gasteiger partial charge < -0.3 is 23.7 Å². The molecule has 0 N–H and O–H groups in total. The first-order valence-electron chi connectivity index (χ1n) is 7.05. The summed E-state index contributed by atoms with van der Waals surface area (Å²) in [5.74, 6) is -3.74. The van der Waals surface area contributed by atoms with Crippen LogP contribution in [0.2, 0.25) is 0 Å². The maximum Gasteiger partial charge on any atom is 0.339 e. The summed E-state index contributed by atoms with van der Waals surface area (Å²) in [6.45, 7) is -0.0928. The van der Waals surface area contributed by atoms with Crippen molar-refractivity contribution >= 4 is 23.9 Å². The Morgan fingerprint density at radius 3 is 1.16 bits per heavy atom. The topological polar surface area (TPSA) is 114 Å². The van der Waals surface area contributed by atoms with Crippen molar-refractivity contribution in [2.24, 2.45) is 0 Å². The quantitative estimate of drug-likeness (QED) is 0.575. The number of rotatable bonds is 4. The third-order valence-corrected chi connectivity index (χ3v) is 3.77. The average molecular weight is 352 g/mol. The summed E-state index contributed by atoms with van der Waals surface area (Å²) in [5, 5.41) is 0. The summed E-state index contributed by atoms with van der Waals surface area (Å²) < 4.78 is 24.1. The molecule has 1 aliphatic heterocycles. The number of hydrogen-bond donors (Lipinski definition) is 0. The van der Waals surface area contributed by atoms with E-state index in [2.05, 4.69) is 9.47 Å². The minimum absolute atomic E-state index is 0.0464. The SMILES string of the molecule is COC(=O)c1c2c(c(C(=O)OC)c(C(=O)OC)c1C(=O)OC)COC2. The molecule has 9 nitrogen and oxygen atoms in total. The number of carbonyl (C=O) groups excluding carboxylic acids is 4. The van der Waals surface area contributed by atoms with Crippen molar-refractivity contribution in [3.05, 3.63) is 33.4 Å². The Bertz CT molecular complexity index is 701. The largest absolute Gasteiger partial charge is 0.465 e. The molecule has 0 spiro atoms. The molecular weight excluding hydrogens is 336 g/mol. The van der Waals surface area contributed by atoms with Gasteiger partial charge in [-0.2, -0.15) is 0 Å². The van der Waals surface area contributed by atoms with E-state index in [0.29, 0.717) is 0 Å². The van der Waals surface area contributed by atoms with E-state index in [0.717, 1.165) is 28.4 Å². The van der Waals surface area contributed by atoms with E-state index in [1.807, 2.05) is 0 Å². The molecule has 1 aromatic rings. The van der Waals surface area contributed by atoms with Crippen molar-refractivity contribution in [1.29, 1.82) is 0 Å². The van der Waals surface area contributed by atoms with Gasteiger partial charge in [-0.15, -0.1) is 0 Å². The molecule has 2 rings (SSSR count). The van der Waals surface area contributed by atoms with Gasteiger partial charge in [0.15, 0.2) is 0 Å². The highest BCUT2D eigenvalue weighted by Crippen LogP contribution is 2.35. The fourth-order valence-electron chi connectivity index (χ4n) is 2.69. The number of methoxy groups -OCH3 is 4. The zero-order valence-electron chi connectivity index (χ0n) is 14.1. The molecule has 0 amide bonds. The van der Waals surface area contributed by atoms with Crippen molar-refractivity contribution in [2.45, 2.75) is 13.2 Å². The summed E-state index contributed by atoms with van der Waals surface area (Å²) in [5.41, 5.74) is -0.720. The molecule has 9 heteroatoms. The van der Waals surface area contributed by atoms with Gasteiger partial charge in [-0.3, -0.25) is 0 Å². The molecule has 0 aliphatic carbocycles. The number of fused-ring (bicyclic) bond motifs is 1. The van der Waals surface area contributed by atoms with E-state index in [1.54, 1.807) is 0 Å². The van der Waals surface area contributed by atoms with Crippen LogP contribution in [-0.4, -0.2) is 52.3 Å². The summed E-state index contributed by atoms with van der Waals surface area (Å²) in [6.07, 6.45) is 0. The second-order valence-corrected chi connectivity index (χ2v) is 4.92. The Labute approximate surface area is 142 Å². The molecule has 134 valence electrons. The van der Waals surface area contributed by atoms with Gasteiger partial charge in [0.05, 0.1) is 63.9 Å². The van der Waals surface area contributed by atoms with Gasteiger partial charge in [-0.25, -0.2) is 19.2 Å².